The van der Waals surface area contributed by atoms with Crippen molar-refractivity contribution in [2.75, 3.05) is 39.5 Å². The molecule has 2 atom stereocenters. The highest BCUT2D eigenvalue weighted by Gasteiger charge is 2.66. The molecule has 1 aromatic carbocycles. The summed E-state index contributed by atoms with van der Waals surface area (Å²) < 4.78 is 5.54. The molecule has 1 amide bonds. The number of carbonyl (C=O) groups excluding carboxylic acids is 1. The summed E-state index contributed by atoms with van der Waals surface area (Å²) in [6, 6.07) is 10.8. The van der Waals surface area contributed by atoms with Crippen molar-refractivity contribution in [2.45, 2.75) is 49.6 Å². The number of carbonyl (C=O) groups is 1. The fraction of sp³-hybridized carbons (Fsp3) is 0.696. The first kappa shape index (κ1) is 18.6. The van der Waals surface area contributed by atoms with Gasteiger partial charge in [-0.05, 0) is 43.1 Å². The quantitative estimate of drug-likeness (QED) is 0.817. The molecular formula is C23H32N2O3. The van der Waals surface area contributed by atoms with E-state index in [2.05, 4.69) is 40.1 Å². The van der Waals surface area contributed by atoms with Gasteiger partial charge >= 0.3 is 0 Å². The maximum absolute atomic E-state index is 12.6. The summed E-state index contributed by atoms with van der Waals surface area (Å²) in [6.45, 7) is 4.53. The van der Waals surface area contributed by atoms with Crippen LogP contribution in [0.5, 0.6) is 0 Å². The van der Waals surface area contributed by atoms with Crippen LogP contribution in [0.15, 0.2) is 30.3 Å². The summed E-state index contributed by atoms with van der Waals surface area (Å²) >= 11 is 0. The molecule has 28 heavy (non-hydrogen) atoms. The summed E-state index contributed by atoms with van der Waals surface area (Å²) in [6.07, 6.45) is 5.38. The molecule has 5 nitrogen and oxygen atoms in total. The van der Waals surface area contributed by atoms with E-state index in [4.69, 9.17) is 4.74 Å². The van der Waals surface area contributed by atoms with Gasteiger partial charge < -0.3 is 14.7 Å². The van der Waals surface area contributed by atoms with Gasteiger partial charge in [-0.3, -0.25) is 9.69 Å². The Balaban J connectivity index is 1.35. The minimum atomic E-state index is 0.00622. The number of rotatable bonds is 6. The molecule has 1 saturated carbocycles. The Kier molecular flexibility index (Phi) is 4.93. The van der Waals surface area contributed by atoms with Crippen LogP contribution in [0, 0.1) is 11.8 Å². The van der Waals surface area contributed by atoms with Crippen LogP contribution in [0.25, 0.3) is 0 Å². The van der Waals surface area contributed by atoms with Gasteiger partial charge in [0.05, 0.1) is 12.1 Å². The number of aliphatic hydroxyl groups excluding tert-OH is 1. The van der Waals surface area contributed by atoms with Crippen LogP contribution in [0.4, 0.5) is 0 Å². The van der Waals surface area contributed by atoms with Crippen LogP contribution in [0.3, 0.4) is 0 Å². The van der Waals surface area contributed by atoms with Crippen molar-refractivity contribution in [1.82, 2.24) is 9.80 Å². The maximum atomic E-state index is 12.6. The topological polar surface area (TPSA) is 53.0 Å². The number of ether oxygens (including phenoxy) is 1. The second-order valence-corrected chi connectivity index (χ2v) is 9.35. The van der Waals surface area contributed by atoms with Crippen LogP contribution >= 0.6 is 0 Å². The standard InChI is InChI=1S/C23H32N2O3/c26-14-20-22(19-4-2-1-3-5-19)23(25(20)13-18-8-10-28-11-9-18)15-24(16-23)21(27)12-17-6-7-17/h1-5,17-18,20,22,26H,6-16H2/t20-,22+/m0/s1. The molecule has 3 heterocycles. The van der Waals surface area contributed by atoms with E-state index in [0.717, 1.165) is 52.1 Å². The number of aliphatic hydroxyl groups is 1. The second-order valence-electron chi connectivity index (χ2n) is 9.35. The van der Waals surface area contributed by atoms with Gasteiger partial charge in [0.15, 0.2) is 0 Å². The lowest BCUT2D eigenvalue weighted by Crippen LogP contribution is -2.85. The van der Waals surface area contributed by atoms with Gasteiger partial charge in [-0.1, -0.05) is 30.3 Å². The number of amides is 1. The van der Waals surface area contributed by atoms with Gasteiger partial charge in [0.1, 0.15) is 0 Å². The van der Waals surface area contributed by atoms with Gasteiger partial charge in [-0.2, -0.15) is 0 Å². The molecule has 1 N–H and O–H groups in total. The molecule has 3 saturated heterocycles. The zero-order valence-corrected chi connectivity index (χ0v) is 16.6. The molecular weight excluding hydrogens is 352 g/mol. The molecule has 0 radical (unpaired) electrons. The van der Waals surface area contributed by atoms with Gasteiger partial charge in [0, 0.05) is 51.2 Å². The van der Waals surface area contributed by atoms with Crippen LogP contribution < -0.4 is 0 Å². The fourth-order valence-electron chi connectivity index (χ4n) is 5.75. The highest BCUT2D eigenvalue weighted by Crippen LogP contribution is 2.54. The molecule has 0 aromatic heterocycles. The van der Waals surface area contributed by atoms with Crippen LogP contribution in [0.2, 0.25) is 0 Å². The van der Waals surface area contributed by atoms with E-state index in [1.807, 2.05) is 0 Å². The van der Waals surface area contributed by atoms with E-state index in [0.29, 0.717) is 23.7 Å². The van der Waals surface area contributed by atoms with Crippen molar-refractivity contribution in [1.29, 1.82) is 0 Å². The van der Waals surface area contributed by atoms with Gasteiger partial charge in [-0.25, -0.2) is 0 Å². The van der Waals surface area contributed by atoms with E-state index in [-0.39, 0.29) is 18.2 Å². The average Bonchev–Trinajstić information content (AvgIpc) is 3.49. The summed E-state index contributed by atoms with van der Waals surface area (Å²) in [5, 5.41) is 10.2. The van der Waals surface area contributed by atoms with Crippen LogP contribution in [-0.4, -0.2) is 71.8 Å². The van der Waals surface area contributed by atoms with Gasteiger partial charge in [0.25, 0.3) is 0 Å². The molecule has 1 aromatic rings. The molecule has 5 rings (SSSR count). The summed E-state index contributed by atoms with van der Waals surface area (Å²) in [4.78, 5) is 17.2. The van der Waals surface area contributed by atoms with E-state index in [1.54, 1.807) is 0 Å². The number of hydrogen-bond acceptors (Lipinski definition) is 4. The molecule has 1 spiro atoms. The Bertz CT molecular complexity index is 693. The van der Waals surface area contributed by atoms with E-state index < -0.39 is 0 Å². The Hall–Kier alpha value is -1.43. The van der Waals surface area contributed by atoms with Crippen molar-refractivity contribution < 1.29 is 14.6 Å². The molecule has 1 aliphatic carbocycles. The smallest absolute Gasteiger partial charge is 0.222 e. The van der Waals surface area contributed by atoms with Crippen molar-refractivity contribution >= 4 is 5.91 Å². The lowest BCUT2D eigenvalue weighted by atomic mass is 9.60. The normalized spacial score (nSPS) is 30.1. The second kappa shape index (κ2) is 7.43. The lowest BCUT2D eigenvalue weighted by molar-refractivity contribution is -0.201. The Labute approximate surface area is 167 Å². The number of likely N-dealkylation sites (tertiary alicyclic amines) is 2. The molecule has 0 unspecified atom stereocenters. The highest BCUT2D eigenvalue weighted by atomic mass is 16.5. The molecule has 3 aliphatic heterocycles. The van der Waals surface area contributed by atoms with Gasteiger partial charge in [0.2, 0.25) is 5.91 Å². The summed E-state index contributed by atoms with van der Waals surface area (Å²) in [7, 11) is 0. The first-order chi connectivity index (χ1) is 13.7. The van der Waals surface area contributed by atoms with Crippen LogP contribution in [0.1, 0.15) is 43.6 Å². The largest absolute Gasteiger partial charge is 0.395 e. The lowest BCUT2D eigenvalue weighted by Gasteiger charge is -2.71. The molecule has 4 fully saturated rings. The first-order valence-corrected chi connectivity index (χ1v) is 11.0. The minimum absolute atomic E-state index is 0.00622. The average molecular weight is 385 g/mol. The Morgan fingerprint density at radius 3 is 2.43 bits per heavy atom. The van der Waals surface area contributed by atoms with Crippen molar-refractivity contribution in [2.24, 2.45) is 11.8 Å². The third-order valence-electron chi connectivity index (χ3n) is 7.52. The predicted molar refractivity (Wildman–Crippen MR) is 107 cm³/mol. The van der Waals surface area contributed by atoms with Crippen molar-refractivity contribution in [3.8, 4) is 0 Å². The van der Waals surface area contributed by atoms with E-state index >= 15 is 0 Å². The molecule has 152 valence electrons. The summed E-state index contributed by atoms with van der Waals surface area (Å²) in [5.41, 5.74) is 1.31. The van der Waals surface area contributed by atoms with Crippen molar-refractivity contribution in [3.05, 3.63) is 35.9 Å². The third-order valence-corrected chi connectivity index (χ3v) is 7.52. The van der Waals surface area contributed by atoms with Crippen molar-refractivity contribution in [3.63, 3.8) is 0 Å². The number of nitrogens with zero attached hydrogens (tertiary/aromatic N) is 2. The number of benzene rings is 1. The first-order valence-electron chi connectivity index (χ1n) is 11.0. The minimum Gasteiger partial charge on any atom is -0.395 e. The zero-order valence-electron chi connectivity index (χ0n) is 16.6. The summed E-state index contributed by atoms with van der Waals surface area (Å²) in [5.74, 6) is 1.91. The Morgan fingerprint density at radius 1 is 1.07 bits per heavy atom. The third kappa shape index (κ3) is 3.17. The zero-order chi connectivity index (χ0) is 19.1. The monoisotopic (exact) mass is 384 g/mol. The van der Waals surface area contributed by atoms with E-state index in [1.165, 1.54) is 18.4 Å². The predicted octanol–water partition coefficient (Wildman–Crippen LogP) is 2.25. The highest BCUT2D eigenvalue weighted by molar-refractivity contribution is 5.78. The van der Waals surface area contributed by atoms with Gasteiger partial charge in [-0.15, -0.1) is 0 Å². The Morgan fingerprint density at radius 2 is 1.79 bits per heavy atom. The fourth-order valence-corrected chi connectivity index (χ4v) is 5.75. The van der Waals surface area contributed by atoms with Crippen LogP contribution in [-0.2, 0) is 9.53 Å². The van der Waals surface area contributed by atoms with E-state index in [9.17, 15) is 9.90 Å². The SMILES string of the molecule is O=C(CC1CC1)N1CC2(C1)[C@H](c1ccccc1)[C@H](CO)N2CC1CCOCC1. The molecule has 0 bridgehead atoms. The maximum Gasteiger partial charge on any atom is 0.222 e. The molecule has 5 heteroatoms. The number of hydrogen-bond donors (Lipinski definition) is 1. The molecule has 4 aliphatic rings.